The maximum Gasteiger partial charge on any atom is 0.433 e. The van der Waals surface area contributed by atoms with Crippen molar-refractivity contribution >= 4 is 0 Å². The Morgan fingerprint density at radius 3 is 1.04 bits per heavy atom. The van der Waals surface area contributed by atoms with Gasteiger partial charge in [0.15, 0.2) is 0 Å². The van der Waals surface area contributed by atoms with Gasteiger partial charge in [-0.3, -0.25) is 0 Å². The normalized spacial score (nSPS) is 16.8. The van der Waals surface area contributed by atoms with E-state index in [2.05, 4.69) is 0 Å². The maximum atomic E-state index is 13.3. The number of hydrogen-bond donors (Lipinski definition) is 2. The highest BCUT2D eigenvalue weighted by atomic mass is 19.4. The first-order valence-corrected chi connectivity index (χ1v) is 7.15. The zero-order valence-corrected chi connectivity index (χ0v) is 12.9. The molecule has 0 saturated heterocycles. The van der Waals surface area contributed by atoms with Crippen molar-refractivity contribution in [3.63, 3.8) is 0 Å². The molecule has 2 atom stereocenters. The van der Waals surface area contributed by atoms with Gasteiger partial charge in [-0.15, -0.1) is 0 Å². The first kappa shape index (κ1) is 19.8. The van der Waals surface area contributed by atoms with E-state index >= 15 is 0 Å². The van der Waals surface area contributed by atoms with Gasteiger partial charge >= 0.3 is 12.4 Å². The van der Waals surface area contributed by atoms with Gasteiger partial charge in [-0.05, 0) is 11.8 Å². The van der Waals surface area contributed by atoms with Crippen LogP contribution in [0, 0.1) is 11.8 Å². The minimum atomic E-state index is -5.40. The van der Waals surface area contributed by atoms with Crippen LogP contribution >= 0.6 is 0 Å². The quantitative estimate of drug-likeness (QED) is 0.619. The number of hydrogen-bond acceptors (Lipinski definition) is 2. The van der Waals surface area contributed by atoms with Crippen molar-refractivity contribution in [3.8, 4) is 11.8 Å². The zero-order chi connectivity index (χ0) is 19.6. The van der Waals surface area contributed by atoms with E-state index < -0.39 is 34.7 Å². The fourth-order valence-electron chi connectivity index (χ4n) is 2.15. The molecule has 0 unspecified atom stereocenters. The molecule has 0 radical (unpaired) electrons. The molecule has 2 aromatic carbocycles. The summed E-state index contributed by atoms with van der Waals surface area (Å²) in [6.45, 7) is 0. The molecular formula is C18H12F6O2. The van der Waals surface area contributed by atoms with Gasteiger partial charge in [-0.1, -0.05) is 60.7 Å². The average Bonchev–Trinajstić information content (AvgIpc) is 2.59. The lowest BCUT2D eigenvalue weighted by Gasteiger charge is -2.28. The molecule has 2 nitrogen and oxygen atoms in total. The van der Waals surface area contributed by atoms with Crippen molar-refractivity contribution in [2.24, 2.45) is 0 Å². The molecule has 0 amide bonds. The number of aliphatic hydroxyl groups is 2. The molecule has 0 saturated carbocycles. The Kier molecular flexibility index (Phi) is 5.08. The zero-order valence-electron chi connectivity index (χ0n) is 12.9. The lowest BCUT2D eigenvalue weighted by molar-refractivity contribution is -0.246. The molecule has 0 heterocycles. The Labute approximate surface area is 144 Å². The third-order valence-corrected chi connectivity index (χ3v) is 3.63. The van der Waals surface area contributed by atoms with Gasteiger partial charge in [0.1, 0.15) is 0 Å². The molecule has 0 spiro atoms. The minimum absolute atomic E-state index is 0.766. The number of benzene rings is 2. The fourth-order valence-corrected chi connectivity index (χ4v) is 2.15. The molecule has 0 aromatic heterocycles. The molecule has 0 aliphatic rings. The highest BCUT2D eigenvalue weighted by molar-refractivity contribution is 5.40. The summed E-state index contributed by atoms with van der Waals surface area (Å²) < 4.78 is 80.1. The van der Waals surface area contributed by atoms with Gasteiger partial charge in [0.05, 0.1) is 0 Å². The minimum Gasteiger partial charge on any atom is -0.366 e. The van der Waals surface area contributed by atoms with Crippen molar-refractivity contribution in [2.75, 3.05) is 0 Å². The summed E-state index contributed by atoms with van der Waals surface area (Å²) >= 11 is 0. The van der Waals surface area contributed by atoms with Gasteiger partial charge < -0.3 is 10.2 Å². The first-order chi connectivity index (χ1) is 11.9. The monoisotopic (exact) mass is 374 g/mol. The maximum absolute atomic E-state index is 13.3. The highest BCUT2D eigenvalue weighted by Crippen LogP contribution is 2.41. The summed E-state index contributed by atoms with van der Waals surface area (Å²) in [5.41, 5.74) is -9.31. The Morgan fingerprint density at radius 2 is 0.808 bits per heavy atom. The Hall–Kier alpha value is -2.50. The van der Waals surface area contributed by atoms with E-state index in [4.69, 9.17) is 0 Å². The van der Waals surface area contributed by atoms with Crippen LogP contribution in [0.25, 0.3) is 0 Å². The largest absolute Gasteiger partial charge is 0.433 e. The number of halogens is 6. The summed E-state index contributed by atoms with van der Waals surface area (Å²) in [6, 6.07) is 10.9. The van der Waals surface area contributed by atoms with E-state index in [0.717, 1.165) is 24.3 Å². The second-order valence-electron chi connectivity index (χ2n) is 5.40. The standard InChI is InChI=1S/C18H12F6O2/c19-17(20,21)15(25,13-7-3-1-4-8-13)11-12-16(26,18(22,23)24)14-9-5-2-6-10-14/h1-10,25-26H/t15-,16-/m0/s1. The second kappa shape index (κ2) is 6.67. The Bertz CT molecular complexity index is 737. The van der Waals surface area contributed by atoms with Crippen LogP contribution in [0.5, 0.6) is 0 Å². The van der Waals surface area contributed by atoms with Crippen molar-refractivity contribution in [1.29, 1.82) is 0 Å². The molecule has 26 heavy (non-hydrogen) atoms. The highest BCUT2D eigenvalue weighted by Gasteiger charge is 2.57. The smallest absolute Gasteiger partial charge is 0.366 e. The molecule has 0 aliphatic carbocycles. The van der Waals surface area contributed by atoms with Gasteiger partial charge in [-0.25, -0.2) is 0 Å². The lowest BCUT2D eigenvalue weighted by atomic mass is 9.89. The van der Waals surface area contributed by atoms with Crippen LogP contribution in [-0.2, 0) is 11.2 Å². The number of rotatable bonds is 2. The topological polar surface area (TPSA) is 40.5 Å². The molecule has 0 bridgehead atoms. The van der Waals surface area contributed by atoms with E-state index in [1.807, 2.05) is 0 Å². The van der Waals surface area contributed by atoms with E-state index in [1.165, 1.54) is 48.2 Å². The van der Waals surface area contributed by atoms with Crippen LogP contribution < -0.4 is 0 Å². The van der Waals surface area contributed by atoms with E-state index in [-0.39, 0.29) is 0 Å². The van der Waals surface area contributed by atoms with Crippen LogP contribution in [0.4, 0.5) is 26.3 Å². The summed E-state index contributed by atoms with van der Waals surface area (Å²) in [7, 11) is 0. The van der Waals surface area contributed by atoms with Gasteiger partial charge in [0.25, 0.3) is 0 Å². The van der Waals surface area contributed by atoms with Crippen molar-refractivity contribution in [1.82, 2.24) is 0 Å². The molecule has 8 heteroatoms. The van der Waals surface area contributed by atoms with E-state index in [1.54, 1.807) is 0 Å². The van der Waals surface area contributed by atoms with Crippen molar-refractivity contribution < 1.29 is 36.6 Å². The Balaban J connectivity index is 2.67. The second-order valence-corrected chi connectivity index (χ2v) is 5.40. The fraction of sp³-hybridized carbons (Fsp3) is 0.222. The van der Waals surface area contributed by atoms with Crippen LogP contribution in [-0.4, -0.2) is 22.6 Å². The molecule has 138 valence electrons. The summed E-state index contributed by atoms with van der Waals surface area (Å²) in [4.78, 5) is 0. The predicted octanol–water partition coefficient (Wildman–Crippen LogP) is 3.89. The van der Waals surface area contributed by atoms with E-state index in [0.29, 0.717) is 0 Å². The summed E-state index contributed by atoms with van der Waals surface area (Å²) in [5, 5.41) is 20.0. The van der Waals surface area contributed by atoms with Crippen molar-refractivity contribution in [3.05, 3.63) is 71.8 Å². The molecular weight excluding hydrogens is 362 g/mol. The van der Waals surface area contributed by atoms with Crippen LogP contribution in [0.15, 0.2) is 60.7 Å². The SMILES string of the molecule is O[C@@](C#C[C@](O)(c1ccccc1)C(F)(F)F)(c1ccccc1)C(F)(F)F. The summed E-state index contributed by atoms with van der Waals surface area (Å²) in [6.07, 6.45) is -10.8. The Morgan fingerprint density at radius 1 is 0.538 bits per heavy atom. The van der Waals surface area contributed by atoms with E-state index in [9.17, 15) is 36.6 Å². The van der Waals surface area contributed by atoms with Crippen molar-refractivity contribution in [2.45, 2.75) is 23.6 Å². The third kappa shape index (κ3) is 3.54. The molecule has 0 aliphatic heterocycles. The molecule has 2 aromatic rings. The average molecular weight is 374 g/mol. The lowest BCUT2D eigenvalue weighted by Crippen LogP contribution is -2.44. The predicted molar refractivity (Wildman–Crippen MR) is 80.6 cm³/mol. The van der Waals surface area contributed by atoms with Gasteiger partial charge in [-0.2, -0.15) is 26.3 Å². The molecule has 2 rings (SSSR count). The van der Waals surface area contributed by atoms with Crippen LogP contribution in [0.2, 0.25) is 0 Å². The van der Waals surface area contributed by atoms with Gasteiger partial charge in [0.2, 0.25) is 11.2 Å². The molecule has 2 N–H and O–H groups in total. The van der Waals surface area contributed by atoms with Crippen LogP contribution in [0.3, 0.4) is 0 Å². The van der Waals surface area contributed by atoms with Crippen LogP contribution in [0.1, 0.15) is 11.1 Å². The number of alkyl halides is 6. The summed E-state index contributed by atoms with van der Waals surface area (Å²) in [5.74, 6) is 2.42. The first-order valence-electron chi connectivity index (χ1n) is 7.15. The third-order valence-electron chi connectivity index (χ3n) is 3.63. The van der Waals surface area contributed by atoms with Gasteiger partial charge in [0, 0.05) is 11.1 Å². The molecule has 0 fully saturated rings.